The van der Waals surface area contributed by atoms with Crippen LogP contribution in [0.15, 0.2) is 0 Å². The predicted octanol–water partition coefficient (Wildman–Crippen LogP) is 8.19. The van der Waals surface area contributed by atoms with Gasteiger partial charge < -0.3 is 23.7 Å². The van der Waals surface area contributed by atoms with Crippen molar-refractivity contribution in [2.24, 2.45) is 5.41 Å². The highest BCUT2D eigenvalue weighted by molar-refractivity contribution is 5.69. The molecule has 0 amide bonds. The molecule has 6 heteroatoms. The summed E-state index contributed by atoms with van der Waals surface area (Å²) in [5, 5.41) is 0. The maximum atomic E-state index is 12.4. The summed E-state index contributed by atoms with van der Waals surface area (Å²) in [7, 11) is 0. The van der Waals surface area contributed by atoms with Crippen LogP contribution in [0.3, 0.4) is 0 Å². The average molecular weight is 555 g/mol. The molecule has 0 aromatic carbocycles. The molecule has 2 atom stereocenters. The molecule has 39 heavy (non-hydrogen) atoms. The van der Waals surface area contributed by atoms with Crippen LogP contribution >= 0.6 is 0 Å². The molecule has 2 rings (SSSR count). The lowest BCUT2D eigenvalue weighted by atomic mass is 9.88. The number of unbranched alkanes of at least 4 members (excludes halogenated alkanes) is 17. The quantitative estimate of drug-likeness (QED) is 0.0506. The molecule has 0 radical (unpaired) electrons. The third-order valence-electron chi connectivity index (χ3n) is 8.25. The molecule has 0 aromatic heterocycles. The lowest BCUT2D eigenvalue weighted by molar-refractivity contribution is -0.152. The normalized spacial score (nSPS) is 19.6. The summed E-state index contributed by atoms with van der Waals surface area (Å²) in [5.41, 5.74) is -0.312. The van der Waals surface area contributed by atoms with Gasteiger partial charge in [-0.2, -0.15) is 0 Å². The van der Waals surface area contributed by atoms with Gasteiger partial charge in [-0.05, 0) is 12.8 Å². The van der Waals surface area contributed by atoms with Crippen LogP contribution in [-0.4, -0.2) is 64.4 Å². The summed E-state index contributed by atoms with van der Waals surface area (Å²) < 4.78 is 28.0. The minimum absolute atomic E-state index is 0.0969. The van der Waals surface area contributed by atoms with Crippen LogP contribution in [-0.2, 0) is 28.5 Å². The highest BCUT2D eigenvalue weighted by atomic mass is 16.6. The first kappa shape index (κ1) is 34.5. The summed E-state index contributed by atoms with van der Waals surface area (Å²) >= 11 is 0. The standard InChI is InChI=1S/C33H62O6/c1-3-5-6-7-8-9-10-11-12-13-14-15-16-17-18-19-20-21-22-32(34)39-29-33(4-2,27-35-23-30-25-37-30)28-36-24-31-26-38-31/h30-31H,3-29H2,1-2H3. The molecule has 2 heterocycles. The van der Waals surface area contributed by atoms with E-state index in [2.05, 4.69) is 13.8 Å². The van der Waals surface area contributed by atoms with Crippen molar-refractivity contribution in [1.29, 1.82) is 0 Å². The van der Waals surface area contributed by atoms with Gasteiger partial charge >= 0.3 is 5.97 Å². The van der Waals surface area contributed by atoms with Gasteiger partial charge in [-0.3, -0.25) is 4.79 Å². The number of carbonyl (C=O) groups is 1. The molecule has 2 unspecified atom stereocenters. The lowest BCUT2D eigenvalue weighted by Crippen LogP contribution is -2.38. The molecular formula is C33H62O6. The second kappa shape index (κ2) is 22.9. The van der Waals surface area contributed by atoms with Crippen molar-refractivity contribution in [2.75, 3.05) is 46.2 Å². The monoisotopic (exact) mass is 554 g/mol. The van der Waals surface area contributed by atoms with E-state index in [0.717, 1.165) is 32.5 Å². The Labute approximate surface area is 240 Å². The number of hydrogen-bond donors (Lipinski definition) is 0. The van der Waals surface area contributed by atoms with Gasteiger partial charge in [0.2, 0.25) is 0 Å². The molecule has 2 fully saturated rings. The first-order valence-corrected chi connectivity index (χ1v) is 16.7. The van der Waals surface area contributed by atoms with E-state index >= 15 is 0 Å². The van der Waals surface area contributed by atoms with Gasteiger partial charge in [0.15, 0.2) is 0 Å². The molecular weight excluding hydrogens is 492 g/mol. The van der Waals surface area contributed by atoms with E-state index in [1.54, 1.807) is 0 Å². The molecule has 0 saturated carbocycles. The van der Waals surface area contributed by atoms with Crippen LogP contribution < -0.4 is 0 Å². The SMILES string of the molecule is CCCCCCCCCCCCCCCCCCCCC(=O)OCC(CC)(COCC1CO1)COCC1CO1. The number of epoxide rings is 2. The van der Waals surface area contributed by atoms with Gasteiger partial charge in [-0.15, -0.1) is 0 Å². The Kier molecular flexibility index (Phi) is 20.3. The number of carbonyl (C=O) groups excluding carboxylic acids is 1. The van der Waals surface area contributed by atoms with Crippen LogP contribution in [0.1, 0.15) is 142 Å². The van der Waals surface area contributed by atoms with E-state index in [4.69, 9.17) is 23.7 Å². The number of ether oxygens (including phenoxy) is 5. The molecule has 2 saturated heterocycles. The van der Waals surface area contributed by atoms with Crippen LogP contribution in [0, 0.1) is 5.41 Å². The molecule has 0 aromatic rings. The van der Waals surface area contributed by atoms with Gasteiger partial charge in [0, 0.05) is 6.42 Å². The molecule has 0 bridgehead atoms. The van der Waals surface area contributed by atoms with Crippen molar-refractivity contribution in [2.45, 2.75) is 154 Å². The highest BCUT2D eigenvalue weighted by Gasteiger charge is 2.34. The molecule has 2 aliphatic heterocycles. The Balaban J connectivity index is 1.38. The Morgan fingerprint density at radius 1 is 0.615 bits per heavy atom. The van der Waals surface area contributed by atoms with Gasteiger partial charge in [0.25, 0.3) is 0 Å². The lowest BCUT2D eigenvalue weighted by Gasteiger charge is -2.31. The van der Waals surface area contributed by atoms with Gasteiger partial charge in [0.1, 0.15) is 18.8 Å². The molecule has 0 aliphatic carbocycles. The predicted molar refractivity (Wildman–Crippen MR) is 158 cm³/mol. The first-order valence-electron chi connectivity index (χ1n) is 16.7. The van der Waals surface area contributed by atoms with Crippen LogP contribution in [0.2, 0.25) is 0 Å². The van der Waals surface area contributed by atoms with Crippen LogP contribution in [0.25, 0.3) is 0 Å². The number of hydrogen-bond acceptors (Lipinski definition) is 6. The fourth-order valence-electron chi connectivity index (χ4n) is 5.05. The zero-order valence-corrected chi connectivity index (χ0v) is 25.7. The van der Waals surface area contributed by atoms with Crippen molar-refractivity contribution in [3.05, 3.63) is 0 Å². The zero-order valence-electron chi connectivity index (χ0n) is 25.7. The maximum Gasteiger partial charge on any atom is 0.305 e. The second-order valence-electron chi connectivity index (χ2n) is 12.2. The minimum Gasteiger partial charge on any atom is -0.465 e. The van der Waals surface area contributed by atoms with E-state index in [-0.39, 0.29) is 23.6 Å². The topological polar surface area (TPSA) is 69.8 Å². The van der Waals surface area contributed by atoms with Crippen molar-refractivity contribution in [3.63, 3.8) is 0 Å². The molecule has 6 nitrogen and oxygen atoms in total. The van der Waals surface area contributed by atoms with E-state index in [9.17, 15) is 4.79 Å². The second-order valence-corrected chi connectivity index (χ2v) is 12.2. The van der Waals surface area contributed by atoms with Gasteiger partial charge in [-0.1, -0.05) is 123 Å². The maximum absolute atomic E-state index is 12.4. The first-order chi connectivity index (χ1) is 19.2. The Morgan fingerprint density at radius 2 is 1.00 bits per heavy atom. The van der Waals surface area contributed by atoms with Crippen LogP contribution in [0.4, 0.5) is 0 Å². The summed E-state index contributed by atoms with van der Waals surface area (Å²) in [6.07, 6.45) is 26.1. The number of rotatable bonds is 30. The molecule has 0 spiro atoms. The van der Waals surface area contributed by atoms with Gasteiger partial charge in [0.05, 0.1) is 45.1 Å². The zero-order chi connectivity index (χ0) is 27.9. The van der Waals surface area contributed by atoms with E-state index in [1.165, 1.54) is 103 Å². The summed E-state index contributed by atoms with van der Waals surface area (Å²) in [4.78, 5) is 12.4. The molecule has 230 valence electrons. The highest BCUT2D eigenvalue weighted by Crippen LogP contribution is 2.26. The van der Waals surface area contributed by atoms with E-state index in [1.807, 2.05) is 0 Å². The van der Waals surface area contributed by atoms with Crippen molar-refractivity contribution in [1.82, 2.24) is 0 Å². The van der Waals surface area contributed by atoms with Crippen molar-refractivity contribution in [3.8, 4) is 0 Å². The summed E-state index contributed by atoms with van der Waals surface area (Å²) in [6, 6.07) is 0. The molecule has 2 aliphatic rings. The largest absolute Gasteiger partial charge is 0.465 e. The van der Waals surface area contributed by atoms with Crippen molar-refractivity contribution >= 4 is 5.97 Å². The summed E-state index contributed by atoms with van der Waals surface area (Å²) in [6.45, 7) is 8.53. The summed E-state index contributed by atoms with van der Waals surface area (Å²) in [5.74, 6) is -0.0969. The Hall–Kier alpha value is -0.690. The fourth-order valence-corrected chi connectivity index (χ4v) is 5.05. The van der Waals surface area contributed by atoms with Crippen LogP contribution in [0.5, 0.6) is 0 Å². The van der Waals surface area contributed by atoms with E-state index in [0.29, 0.717) is 39.5 Å². The fraction of sp³-hybridized carbons (Fsp3) is 0.970. The average Bonchev–Trinajstić information content (AvgIpc) is 3.87. The Morgan fingerprint density at radius 3 is 1.36 bits per heavy atom. The smallest absolute Gasteiger partial charge is 0.305 e. The van der Waals surface area contributed by atoms with E-state index < -0.39 is 0 Å². The third kappa shape index (κ3) is 19.9. The minimum atomic E-state index is -0.312. The van der Waals surface area contributed by atoms with Gasteiger partial charge in [-0.25, -0.2) is 0 Å². The number of esters is 1. The molecule has 0 N–H and O–H groups in total. The Bertz CT molecular complexity index is 557. The van der Waals surface area contributed by atoms with Crippen molar-refractivity contribution < 1.29 is 28.5 Å². The third-order valence-corrected chi connectivity index (χ3v) is 8.25.